The third-order valence-corrected chi connectivity index (χ3v) is 5.08. The molecule has 0 aliphatic heterocycles. The maximum atomic E-state index is 12.4. The summed E-state index contributed by atoms with van der Waals surface area (Å²) in [5, 5.41) is 22.9. The first-order valence-electron chi connectivity index (χ1n) is 9.52. The van der Waals surface area contributed by atoms with Crippen molar-refractivity contribution in [3.05, 3.63) is 30.6 Å². The summed E-state index contributed by atoms with van der Waals surface area (Å²) in [5.41, 5.74) is 1.47. The molecule has 1 aromatic heterocycles. The third kappa shape index (κ3) is 4.48. The van der Waals surface area contributed by atoms with E-state index in [1.807, 2.05) is 47.6 Å². The van der Waals surface area contributed by atoms with Gasteiger partial charge in [-0.25, -0.2) is 4.79 Å². The molecule has 1 aliphatic carbocycles. The van der Waals surface area contributed by atoms with Crippen LogP contribution in [0.4, 0.5) is 10.5 Å². The molecule has 0 radical (unpaired) electrons. The number of benzene rings is 1. The number of amides is 2. The van der Waals surface area contributed by atoms with Crippen molar-refractivity contribution in [3.63, 3.8) is 0 Å². The van der Waals surface area contributed by atoms with Gasteiger partial charge in [-0.2, -0.15) is 0 Å². The molecule has 0 unspecified atom stereocenters. The van der Waals surface area contributed by atoms with Crippen molar-refractivity contribution in [3.8, 4) is 11.4 Å². The largest absolute Gasteiger partial charge is 0.480 e. The summed E-state index contributed by atoms with van der Waals surface area (Å²) in [7, 11) is 0. The second kappa shape index (κ2) is 8.83. The molecule has 9 heteroatoms. The summed E-state index contributed by atoms with van der Waals surface area (Å²) in [6.07, 6.45) is 3.16. The smallest absolute Gasteiger partial charge is 0.319 e. The van der Waals surface area contributed by atoms with Crippen molar-refractivity contribution in [2.45, 2.75) is 45.3 Å². The van der Waals surface area contributed by atoms with Gasteiger partial charge in [0.15, 0.2) is 5.82 Å². The third-order valence-electron chi connectivity index (χ3n) is 5.08. The second-order valence-electron chi connectivity index (χ2n) is 6.86. The molecular weight excluding hydrogens is 360 g/mol. The highest BCUT2D eigenvalue weighted by molar-refractivity contribution is 5.93. The van der Waals surface area contributed by atoms with Crippen LogP contribution in [0.25, 0.3) is 11.4 Å². The van der Waals surface area contributed by atoms with Crippen molar-refractivity contribution in [1.29, 1.82) is 0 Å². The number of aromatic nitrogens is 3. The lowest BCUT2D eigenvalue weighted by Crippen LogP contribution is -2.55. The zero-order valence-electron chi connectivity index (χ0n) is 16.1. The summed E-state index contributed by atoms with van der Waals surface area (Å²) in [6, 6.07) is 7.44. The van der Waals surface area contributed by atoms with E-state index >= 15 is 0 Å². The Kier molecular flexibility index (Phi) is 6.25. The van der Waals surface area contributed by atoms with Gasteiger partial charge in [-0.1, -0.05) is 19.1 Å². The molecule has 1 aromatic carbocycles. The first-order valence-corrected chi connectivity index (χ1v) is 9.52. The summed E-state index contributed by atoms with van der Waals surface area (Å²) in [5.74, 6) is -0.123. The molecule has 150 valence electrons. The standard InChI is InChI=1S/C19H26N6O3/c1-3-24(11-17(26)27)14-9-13(10-14)21-19(28)22-16-8-6-5-7-15(16)18-23-20-12-25(18)4-2/h5-8,12-14H,3-4,9-11H2,1-2H3,(H,26,27)(H2,21,22,28). The van der Waals surface area contributed by atoms with Crippen LogP contribution in [-0.2, 0) is 11.3 Å². The van der Waals surface area contributed by atoms with Crippen molar-refractivity contribution in [1.82, 2.24) is 25.0 Å². The summed E-state index contributed by atoms with van der Waals surface area (Å²) < 4.78 is 1.91. The molecule has 1 saturated carbocycles. The van der Waals surface area contributed by atoms with Gasteiger partial charge in [0, 0.05) is 24.2 Å². The van der Waals surface area contributed by atoms with Gasteiger partial charge in [0.05, 0.1) is 12.2 Å². The SMILES string of the molecule is CCN(CC(=O)O)C1CC(NC(=O)Nc2ccccc2-c2nncn2CC)C1. The maximum absolute atomic E-state index is 12.4. The number of likely N-dealkylation sites (N-methyl/N-ethyl adjacent to an activating group) is 1. The highest BCUT2D eigenvalue weighted by atomic mass is 16.4. The van der Waals surface area contributed by atoms with E-state index in [1.165, 1.54) is 0 Å². The number of carboxylic acid groups (broad SMARTS) is 1. The predicted octanol–water partition coefficient (Wildman–Crippen LogP) is 2.02. The zero-order chi connectivity index (χ0) is 20.1. The van der Waals surface area contributed by atoms with Gasteiger partial charge >= 0.3 is 12.0 Å². The van der Waals surface area contributed by atoms with Gasteiger partial charge in [-0.3, -0.25) is 9.69 Å². The normalized spacial score (nSPS) is 18.5. The Hall–Kier alpha value is -2.94. The molecule has 1 heterocycles. The molecule has 0 spiro atoms. The highest BCUT2D eigenvalue weighted by Crippen LogP contribution is 2.28. The van der Waals surface area contributed by atoms with Crippen molar-refractivity contribution < 1.29 is 14.7 Å². The van der Waals surface area contributed by atoms with Crippen LogP contribution in [0, 0.1) is 0 Å². The minimum absolute atomic E-state index is 0.0333. The molecule has 28 heavy (non-hydrogen) atoms. The van der Waals surface area contributed by atoms with Crippen molar-refractivity contribution >= 4 is 17.7 Å². The number of carbonyl (C=O) groups excluding carboxylic acids is 1. The number of urea groups is 1. The quantitative estimate of drug-likeness (QED) is 0.640. The van der Waals surface area contributed by atoms with Crippen LogP contribution in [0.1, 0.15) is 26.7 Å². The molecule has 0 bridgehead atoms. The van der Waals surface area contributed by atoms with Crippen LogP contribution in [0.2, 0.25) is 0 Å². The van der Waals surface area contributed by atoms with E-state index in [-0.39, 0.29) is 24.7 Å². The van der Waals surface area contributed by atoms with E-state index in [2.05, 4.69) is 20.8 Å². The second-order valence-corrected chi connectivity index (χ2v) is 6.86. The van der Waals surface area contributed by atoms with Gasteiger partial charge in [0.25, 0.3) is 0 Å². The predicted molar refractivity (Wildman–Crippen MR) is 105 cm³/mol. The minimum atomic E-state index is -0.826. The Balaban J connectivity index is 1.58. The van der Waals surface area contributed by atoms with E-state index in [0.717, 1.165) is 24.9 Å². The Labute approximate surface area is 163 Å². The number of rotatable bonds is 8. The lowest BCUT2D eigenvalue weighted by molar-refractivity contribution is -0.139. The number of aliphatic carboxylic acids is 1. The molecule has 2 aromatic rings. The molecule has 0 saturated heterocycles. The number of aryl methyl sites for hydroxylation is 1. The van der Waals surface area contributed by atoms with Crippen molar-refractivity contribution in [2.75, 3.05) is 18.4 Å². The number of carboxylic acids is 1. The van der Waals surface area contributed by atoms with Crippen LogP contribution in [0.3, 0.4) is 0 Å². The van der Waals surface area contributed by atoms with Crippen LogP contribution < -0.4 is 10.6 Å². The van der Waals surface area contributed by atoms with Gasteiger partial charge in [0.2, 0.25) is 0 Å². The average molecular weight is 386 g/mol. The van der Waals surface area contributed by atoms with Gasteiger partial charge in [0.1, 0.15) is 6.33 Å². The molecular formula is C19H26N6O3. The van der Waals surface area contributed by atoms with Crippen LogP contribution in [-0.4, -0.2) is 61.9 Å². The molecule has 3 rings (SSSR count). The lowest BCUT2D eigenvalue weighted by Gasteiger charge is -2.42. The van der Waals surface area contributed by atoms with Crippen LogP contribution in [0.5, 0.6) is 0 Å². The van der Waals surface area contributed by atoms with E-state index in [4.69, 9.17) is 5.11 Å². The maximum Gasteiger partial charge on any atom is 0.319 e. The highest BCUT2D eigenvalue weighted by Gasteiger charge is 2.34. The Bertz CT molecular complexity index is 831. The fourth-order valence-corrected chi connectivity index (χ4v) is 3.50. The molecule has 3 N–H and O–H groups in total. The fourth-order valence-electron chi connectivity index (χ4n) is 3.50. The Morgan fingerprint density at radius 1 is 1.29 bits per heavy atom. The van der Waals surface area contributed by atoms with Gasteiger partial charge < -0.3 is 20.3 Å². The van der Waals surface area contributed by atoms with E-state index in [0.29, 0.717) is 18.1 Å². The average Bonchev–Trinajstić information content (AvgIpc) is 3.11. The van der Waals surface area contributed by atoms with Crippen LogP contribution in [0.15, 0.2) is 30.6 Å². The number of para-hydroxylation sites is 1. The molecule has 9 nitrogen and oxygen atoms in total. The minimum Gasteiger partial charge on any atom is -0.480 e. The number of nitrogens with one attached hydrogen (secondary N) is 2. The summed E-state index contributed by atoms with van der Waals surface area (Å²) in [6.45, 7) is 5.40. The number of hydrogen-bond acceptors (Lipinski definition) is 5. The first-order chi connectivity index (χ1) is 13.5. The zero-order valence-corrected chi connectivity index (χ0v) is 16.1. The van der Waals surface area contributed by atoms with Crippen molar-refractivity contribution in [2.24, 2.45) is 0 Å². The summed E-state index contributed by atoms with van der Waals surface area (Å²) in [4.78, 5) is 25.3. The van der Waals surface area contributed by atoms with E-state index in [9.17, 15) is 9.59 Å². The Morgan fingerprint density at radius 3 is 2.71 bits per heavy atom. The molecule has 1 fully saturated rings. The van der Waals surface area contributed by atoms with E-state index in [1.54, 1.807) is 6.33 Å². The topological polar surface area (TPSA) is 112 Å². The Morgan fingerprint density at radius 2 is 2.04 bits per heavy atom. The molecule has 0 atom stereocenters. The summed E-state index contributed by atoms with van der Waals surface area (Å²) >= 11 is 0. The van der Waals surface area contributed by atoms with Gasteiger partial charge in [-0.05, 0) is 38.4 Å². The van der Waals surface area contributed by atoms with Gasteiger partial charge in [-0.15, -0.1) is 10.2 Å². The number of nitrogens with zero attached hydrogens (tertiary/aromatic N) is 4. The monoisotopic (exact) mass is 386 g/mol. The number of hydrogen-bond donors (Lipinski definition) is 3. The fraction of sp³-hybridized carbons (Fsp3) is 0.474. The number of anilines is 1. The molecule has 1 aliphatic rings. The molecule has 2 amide bonds. The van der Waals surface area contributed by atoms with Crippen LogP contribution >= 0.6 is 0 Å². The first kappa shape index (κ1) is 19.8. The number of carbonyl (C=O) groups is 2. The lowest BCUT2D eigenvalue weighted by atomic mass is 9.85. The van der Waals surface area contributed by atoms with E-state index < -0.39 is 5.97 Å².